The molecule has 0 aliphatic carbocycles. The van der Waals surface area contributed by atoms with Crippen molar-refractivity contribution in [1.29, 1.82) is 0 Å². The molecule has 2 aliphatic rings. The van der Waals surface area contributed by atoms with Gasteiger partial charge in [0.1, 0.15) is 0 Å². The number of aromatic nitrogens is 2. The molecule has 6 heterocycles. The van der Waals surface area contributed by atoms with Crippen LogP contribution in [0, 0.1) is 0 Å². The number of nitrogens with zero attached hydrogens (tertiary/aromatic N) is 4. The number of rotatable bonds is 8. The van der Waals surface area contributed by atoms with E-state index in [1.165, 1.54) is 9.13 Å². The Balaban J connectivity index is 1.09. The first-order chi connectivity index (χ1) is 61.4. The predicted molar refractivity (Wildman–Crippen MR) is 473 cm³/mol. The van der Waals surface area contributed by atoms with Gasteiger partial charge in [0.25, 0.3) is 0 Å². The molecule has 7 heteroatoms. The molecule has 0 saturated heterocycles. The van der Waals surface area contributed by atoms with Crippen molar-refractivity contribution < 1.29 is 30.2 Å². The molecule has 0 atom stereocenters. The maximum absolute atomic E-state index is 12.0. The summed E-state index contributed by atoms with van der Waals surface area (Å²) < 4.78 is 226. The van der Waals surface area contributed by atoms with Crippen LogP contribution in [0.3, 0.4) is 0 Å². The summed E-state index contributed by atoms with van der Waals surface area (Å²) in [6, 6.07) is 36.9. The molecule has 109 heavy (non-hydrogen) atoms. The van der Waals surface area contributed by atoms with Crippen molar-refractivity contribution in [1.82, 2.24) is 9.13 Å². The molecule has 4 nitrogen and oxygen atoms in total. The van der Waals surface area contributed by atoms with Gasteiger partial charge < -0.3 is 0 Å². The van der Waals surface area contributed by atoms with Gasteiger partial charge in [-0.15, -0.1) is 0 Å². The molecular weight excluding hydrogens is 1450 g/mol. The van der Waals surface area contributed by atoms with Crippen LogP contribution in [0.4, 0.5) is 34.1 Å². The van der Waals surface area contributed by atoms with Crippen LogP contribution in [-0.2, 0) is 27.1 Å². The van der Waals surface area contributed by atoms with Gasteiger partial charge in [0.05, 0.1) is 0 Å². The van der Waals surface area contributed by atoms with Crippen LogP contribution >= 0.6 is 0 Å². The zero-order valence-corrected chi connectivity index (χ0v) is 67.0. The number of hydrogen-bond acceptors (Lipinski definition) is 2. The van der Waals surface area contributed by atoms with Crippen LogP contribution in [0.5, 0.6) is 0 Å². The van der Waals surface area contributed by atoms with E-state index in [2.05, 4.69) is 189 Å². The molecule has 0 radical (unpaired) electrons. The fraction of sp³-hybridized carbons (Fsp3) is 0.196. The predicted octanol–water partition coefficient (Wildman–Crippen LogP) is 25.5. The molecule has 2 aliphatic heterocycles. The monoisotopic (exact) mass is 1560 g/mol. The Labute approximate surface area is 685 Å². The van der Waals surface area contributed by atoms with E-state index in [-0.39, 0.29) is 117 Å². The SMILES string of the molecule is [2H]c1c([2H])c(-n2c3[se]c4c([2H])c([2H])c([2H])c([2H])c4c3c3c([2H])c([2H])c([2H])c([2H])c32)c([2H])c2c1B1c3c(cc(C(C)(C)C)cc3N(c3c(-c4ccccc4)cc(C(C)(C)C)cc3-c3ccc(C(C)(C)C)cc3)c3c([2H])c(-n4c5[se]c6c([2H])c([2H])c([2H])c([2H])c6c5c5c([2H])c([2H])c([2H])c([2H])c54)c([2H])c([2H])c31)N2c1c(-c2ccccc2)cc(C(C)(C)C)cc1-c1ccc(C(C)(C)C)cc1. The summed E-state index contributed by atoms with van der Waals surface area (Å²) in [6.07, 6.45) is 0. The van der Waals surface area contributed by atoms with Gasteiger partial charge in [0.2, 0.25) is 0 Å². The van der Waals surface area contributed by atoms with Gasteiger partial charge in [0.15, 0.2) is 0 Å². The maximum atomic E-state index is 12.0. The molecule has 4 aromatic heterocycles. The Morgan fingerprint density at radius 1 is 0.312 bits per heavy atom. The van der Waals surface area contributed by atoms with Crippen molar-refractivity contribution in [2.75, 3.05) is 9.80 Å². The zero-order valence-electron chi connectivity index (χ0n) is 85.5. The summed E-state index contributed by atoms with van der Waals surface area (Å²) in [6.45, 7) is 30.3. The van der Waals surface area contributed by atoms with Gasteiger partial charge in [-0.2, -0.15) is 0 Å². The average Bonchev–Trinajstić information content (AvgIpc) is 1.65. The normalized spacial score (nSPS) is 16.2. The van der Waals surface area contributed by atoms with Crippen LogP contribution in [-0.4, -0.2) is 44.9 Å². The Bertz CT molecular complexity index is 7480. The van der Waals surface area contributed by atoms with Gasteiger partial charge >= 0.3 is 637 Å². The number of anilines is 6. The molecular formula is C102H91BN4Se2. The van der Waals surface area contributed by atoms with E-state index < -0.39 is 173 Å². The van der Waals surface area contributed by atoms with Gasteiger partial charge in [-0.25, -0.2) is 0 Å². The molecule has 17 aromatic rings. The van der Waals surface area contributed by atoms with E-state index in [0.29, 0.717) is 56.0 Å². The van der Waals surface area contributed by atoms with Gasteiger partial charge in [-0.3, -0.25) is 0 Å². The third-order valence-corrected chi connectivity index (χ3v) is 26.4. The van der Waals surface area contributed by atoms with Crippen LogP contribution in [0.2, 0.25) is 0 Å². The van der Waals surface area contributed by atoms with Crippen LogP contribution in [0.1, 0.15) is 162 Å². The van der Waals surface area contributed by atoms with Gasteiger partial charge in [-0.1, -0.05) is 41.5 Å². The third kappa shape index (κ3) is 11.3. The van der Waals surface area contributed by atoms with Crippen molar-refractivity contribution in [2.45, 2.75) is 131 Å². The molecule has 0 amide bonds. The second-order valence-corrected chi connectivity index (χ2v) is 38.3. The van der Waals surface area contributed by atoms with Crippen LogP contribution < -0.4 is 26.2 Å². The van der Waals surface area contributed by atoms with E-state index in [4.69, 9.17) is 5.48 Å². The van der Waals surface area contributed by atoms with E-state index in [1.807, 2.05) is 70.5 Å². The number of fused-ring (bicyclic) bond motifs is 14. The fourth-order valence-electron chi connectivity index (χ4n) is 16.0. The van der Waals surface area contributed by atoms with Crippen molar-refractivity contribution in [3.8, 4) is 55.9 Å². The van der Waals surface area contributed by atoms with E-state index in [0.717, 1.165) is 44.5 Å². The Morgan fingerprint density at radius 2 is 0.633 bits per heavy atom. The Kier molecular flexibility index (Phi) is 11.3. The van der Waals surface area contributed by atoms with E-state index >= 15 is 0 Å². The first kappa shape index (κ1) is 48.9. The molecule has 0 bridgehead atoms. The fourth-order valence-corrected chi connectivity index (χ4v) is 20.8. The van der Waals surface area contributed by atoms with Crippen LogP contribution in [0.15, 0.2) is 279 Å². The molecule has 0 spiro atoms. The van der Waals surface area contributed by atoms with Crippen molar-refractivity contribution in [3.63, 3.8) is 0 Å². The summed E-state index contributed by atoms with van der Waals surface area (Å²) in [5.41, 5.74) is 8.12. The molecule has 0 unspecified atom stereocenters. The first-order valence-electron chi connectivity index (χ1n) is 48.0. The minimum absolute atomic E-state index is 0.00000481. The van der Waals surface area contributed by atoms with Gasteiger partial charge in [-0.05, 0) is 10.8 Å². The molecule has 534 valence electrons. The Morgan fingerprint density at radius 3 is 0.991 bits per heavy atom. The quantitative estimate of drug-likeness (QED) is 0.141. The summed E-state index contributed by atoms with van der Waals surface area (Å²) in [5.74, 6) is 0. The standard InChI is InChI=1S/C102H91BN4Se2/c1-98(2,3)66-46-42-64(43-47-66)79-56-68(100(7,8)9)54-77(62-30-18-16-19-31-62)94(79)106-85-60-71(104-83-38-26-22-34-73(83)91-75-36-24-28-40-89(75)108-96(91)104)50-52-81(85)103-82-53-51-72(105-84-39-27-23-35-74(84)92-76-37-25-29-41-90(76)109-97(92)105)61-86(82)107(88-59-70(102(13,14)15)58-87(106)93(88)103)95-78(63-32-20-17-21-33-63)55-69(101(10,11)12)57-80(95)65-44-48-67(49-45-65)99(4,5)6/h16-61H,1-15H3/i22D,23D,24D,25D,26D,27D,28D,29D,34D,35D,36D,37D,38D,39D,40D,41D,50D,51D,52D,53D,60D,61D. The molecule has 0 saturated carbocycles. The molecule has 0 N–H and O–H groups in total. The molecule has 13 aromatic carbocycles. The minimum atomic E-state index is -1.58. The van der Waals surface area contributed by atoms with Crippen molar-refractivity contribution >= 4 is 147 Å². The van der Waals surface area contributed by atoms with Crippen LogP contribution in [0.25, 0.3) is 117 Å². The number of para-hydroxylation sites is 2. The van der Waals surface area contributed by atoms with Crippen molar-refractivity contribution in [2.24, 2.45) is 0 Å². The summed E-state index contributed by atoms with van der Waals surface area (Å²) in [7, 11) is 0. The molecule has 0 fully saturated rings. The number of hydrogen-bond donors (Lipinski definition) is 0. The second kappa shape index (κ2) is 25.1. The first-order valence-corrected chi connectivity index (χ1v) is 40.5. The second-order valence-electron chi connectivity index (χ2n) is 34.1. The third-order valence-electron chi connectivity index (χ3n) is 21.9. The number of benzene rings is 13. The van der Waals surface area contributed by atoms with Gasteiger partial charge in [0, 0.05) is 0 Å². The van der Waals surface area contributed by atoms with Crippen molar-refractivity contribution in [3.05, 3.63) is 306 Å². The molecule has 19 rings (SSSR count). The summed E-state index contributed by atoms with van der Waals surface area (Å²) >= 11 is -2.44. The zero-order chi connectivity index (χ0) is 94.3. The summed E-state index contributed by atoms with van der Waals surface area (Å²) in [4.78, 5) is 4.00. The Hall–Kier alpha value is -10.4. The topological polar surface area (TPSA) is 16.3 Å². The van der Waals surface area contributed by atoms with E-state index in [9.17, 15) is 24.7 Å². The summed E-state index contributed by atoms with van der Waals surface area (Å²) in [5, 5.41) is -0.143. The van der Waals surface area contributed by atoms with E-state index in [1.54, 1.807) is 0 Å². The average molecular weight is 1560 g/mol.